The van der Waals surface area contributed by atoms with Gasteiger partial charge in [0.2, 0.25) is 0 Å². The molecule has 1 heterocycles. The second-order valence-corrected chi connectivity index (χ2v) is 4.67. The van der Waals surface area contributed by atoms with Crippen LogP contribution in [-0.2, 0) is 0 Å². The number of carbonyl (C=O) groups excluding carboxylic acids is 1. The van der Waals surface area contributed by atoms with E-state index in [2.05, 4.69) is 24.1 Å². The first kappa shape index (κ1) is 13.1. The lowest BCUT2D eigenvalue weighted by Gasteiger charge is -2.08. The minimum atomic E-state index is -0.324. The summed E-state index contributed by atoms with van der Waals surface area (Å²) in [6, 6.07) is 10.3. The molecule has 0 aliphatic rings. The van der Waals surface area contributed by atoms with Crippen molar-refractivity contribution in [3.05, 3.63) is 64.1 Å². The van der Waals surface area contributed by atoms with Crippen LogP contribution >= 0.6 is 0 Å². The summed E-state index contributed by atoms with van der Waals surface area (Å²) >= 11 is 0. The molecule has 0 saturated heterocycles. The Hall–Kier alpha value is -2.36. The summed E-state index contributed by atoms with van der Waals surface area (Å²) in [7, 11) is 0. The third-order valence-electron chi connectivity index (χ3n) is 2.85. The molecule has 4 heteroatoms. The van der Waals surface area contributed by atoms with E-state index in [1.54, 1.807) is 0 Å². The first-order valence-electron chi connectivity index (χ1n) is 6.16. The SMILES string of the molecule is CC(C)c1ccc(NC(=O)c2cc(=O)cc[nH]2)cc1. The summed E-state index contributed by atoms with van der Waals surface area (Å²) in [5.41, 5.74) is 1.98. The molecule has 2 N–H and O–H groups in total. The Bertz CT molecular complexity index is 627. The molecule has 1 amide bonds. The Kier molecular flexibility index (Phi) is 3.80. The van der Waals surface area contributed by atoms with Crippen LogP contribution < -0.4 is 10.7 Å². The van der Waals surface area contributed by atoms with Crippen LogP contribution in [-0.4, -0.2) is 10.9 Å². The van der Waals surface area contributed by atoms with Gasteiger partial charge in [-0.2, -0.15) is 0 Å². The number of H-pyrrole nitrogens is 1. The number of pyridine rings is 1. The largest absolute Gasteiger partial charge is 0.357 e. The smallest absolute Gasteiger partial charge is 0.272 e. The van der Waals surface area contributed by atoms with Gasteiger partial charge < -0.3 is 10.3 Å². The molecule has 2 aromatic rings. The minimum absolute atomic E-state index is 0.195. The molecule has 1 aromatic heterocycles. The summed E-state index contributed by atoms with van der Waals surface area (Å²) in [6.07, 6.45) is 1.46. The van der Waals surface area contributed by atoms with Crippen LogP contribution in [0, 0.1) is 0 Å². The van der Waals surface area contributed by atoms with E-state index in [0.717, 1.165) is 0 Å². The van der Waals surface area contributed by atoms with Crippen molar-refractivity contribution >= 4 is 11.6 Å². The van der Waals surface area contributed by atoms with Crippen molar-refractivity contribution in [2.45, 2.75) is 19.8 Å². The van der Waals surface area contributed by atoms with Crippen LogP contribution in [0.4, 0.5) is 5.69 Å². The van der Waals surface area contributed by atoms with Crippen molar-refractivity contribution in [1.82, 2.24) is 4.98 Å². The van der Waals surface area contributed by atoms with Crippen molar-refractivity contribution in [3.63, 3.8) is 0 Å². The minimum Gasteiger partial charge on any atom is -0.357 e. The Morgan fingerprint density at radius 2 is 1.84 bits per heavy atom. The van der Waals surface area contributed by atoms with Crippen molar-refractivity contribution < 1.29 is 4.79 Å². The van der Waals surface area contributed by atoms with E-state index in [9.17, 15) is 9.59 Å². The molecule has 2 rings (SSSR count). The maximum absolute atomic E-state index is 11.9. The highest BCUT2D eigenvalue weighted by atomic mass is 16.2. The Balaban J connectivity index is 2.13. The average Bonchev–Trinajstić information content (AvgIpc) is 2.39. The Morgan fingerprint density at radius 1 is 1.16 bits per heavy atom. The quantitative estimate of drug-likeness (QED) is 0.887. The van der Waals surface area contributed by atoms with Gasteiger partial charge in [-0.05, 0) is 23.6 Å². The highest BCUT2D eigenvalue weighted by Gasteiger charge is 2.07. The molecule has 0 spiro atoms. The lowest BCUT2D eigenvalue weighted by Crippen LogP contribution is -2.16. The van der Waals surface area contributed by atoms with Crippen LogP contribution in [0.5, 0.6) is 0 Å². The fraction of sp³-hybridized carbons (Fsp3) is 0.200. The zero-order valence-electron chi connectivity index (χ0n) is 10.9. The molecule has 1 aromatic carbocycles. The molecule has 0 bridgehead atoms. The van der Waals surface area contributed by atoms with Crippen molar-refractivity contribution in [1.29, 1.82) is 0 Å². The molecule has 0 saturated carbocycles. The zero-order chi connectivity index (χ0) is 13.8. The normalized spacial score (nSPS) is 10.5. The van der Waals surface area contributed by atoms with Gasteiger partial charge in [-0.1, -0.05) is 26.0 Å². The fourth-order valence-corrected chi connectivity index (χ4v) is 1.73. The van der Waals surface area contributed by atoms with Gasteiger partial charge in [-0.15, -0.1) is 0 Å². The second-order valence-electron chi connectivity index (χ2n) is 4.67. The third kappa shape index (κ3) is 3.31. The van der Waals surface area contributed by atoms with Crippen molar-refractivity contribution in [2.24, 2.45) is 0 Å². The van der Waals surface area contributed by atoms with Crippen LogP contribution in [0.3, 0.4) is 0 Å². The summed E-state index contributed by atoms with van der Waals surface area (Å²) in [4.78, 5) is 25.8. The summed E-state index contributed by atoms with van der Waals surface area (Å²) in [6.45, 7) is 4.23. The molecular formula is C15H16N2O2. The van der Waals surface area contributed by atoms with E-state index in [1.165, 1.54) is 23.9 Å². The summed E-state index contributed by atoms with van der Waals surface area (Å²) < 4.78 is 0. The van der Waals surface area contributed by atoms with Crippen LogP contribution in [0.1, 0.15) is 35.8 Å². The van der Waals surface area contributed by atoms with Crippen LogP contribution in [0.25, 0.3) is 0 Å². The maximum Gasteiger partial charge on any atom is 0.272 e. The van der Waals surface area contributed by atoms with Gasteiger partial charge in [-0.25, -0.2) is 0 Å². The molecule has 98 valence electrons. The van der Waals surface area contributed by atoms with Gasteiger partial charge in [0.15, 0.2) is 5.43 Å². The molecule has 0 atom stereocenters. The molecule has 0 aliphatic carbocycles. The molecule has 0 unspecified atom stereocenters. The first-order valence-corrected chi connectivity index (χ1v) is 6.16. The summed E-state index contributed by atoms with van der Waals surface area (Å²) in [5.74, 6) is 0.130. The summed E-state index contributed by atoms with van der Waals surface area (Å²) in [5, 5.41) is 2.74. The molecule has 0 aliphatic heterocycles. The number of anilines is 1. The second kappa shape index (κ2) is 5.52. The molecule has 0 radical (unpaired) electrons. The Labute approximate surface area is 111 Å². The number of hydrogen-bond acceptors (Lipinski definition) is 2. The highest BCUT2D eigenvalue weighted by molar-refractivity contribution is 6.02. The predicted octanol–water partition coefficient (Wildman–Crippen LogP) is 2.75. The van der Waals surface area contributed by atoms with E-state index in [1.807, 2.05) is 24.3 Å². The van der Waals surface area contributed by atoms with Crippen molar-refractivity contribution in [2.75, 3.05) is 5.32 Å². The number of amides is 1. The Morgan fingerprint density at radius 3 is 2.42 bits per heavy atom. The number of aromatic amines is 1. The van der Waals surface area contributed by atoms with Gasteiger partial charge >= 0.3 is 0 Å². The molecule has 0 fully saturated rings. The van der Waals surface area contributed by atoms with Crippen LogP contribution in [0.2, 0.25) is 0 Å². The molecule has 19 heavy (non-hydrogen) atoms. The maximum atomic E-state index is 11.9. The van der Waals surface area contributed by atoms with Gasteiger partial charge in [-0.3, -0.25) is 9.59 Å². The van der Waals surface area contributed by atoms with E-state index < -0.39 is 0 Å². The first-order chi connectivity index (χ1) is 9.06. The predicted molar refractivity (Wildman–Crippen MR) is 75.5 cm³/mol. The van der Waals surface area contributed by atoms with Gasteiger partial charge in [0.25, 0.3) is 5.91 Å². The average molecular weight is 256 g/mol. The monoisotopic (exact) mass is 256 g/mol. The number of carbonyl (C=O) groups is 1. The zero-order valence-corrected chi connectivity index (χ0v) is 10.9. The third-order valence-corrected chi connectivity index (χ3v) is 2.85. The van der Waals surface area contributed by atoms with E-state index in [4.69, 9.17) is 0 Å². The molecule has 4 nitrogen and oxygen atoms in total. The standard InChI is InChI=1S/C15H16N2O2/c1-10(2)11-3-5-12(6-4-11)17-15(19)14-9-13(18)7-8-16-14/h3-10H,1-2H3,(H,16,18)(H,17,19). The van der Waals surface area contributed by atoms with Crippen LogP contribution in [0.15, 0.2) is 47.4 Å². The van der Waals surface area contributed by atoms with Gasteiger partial charge in [0, 0.05) is 24.0 Å². The number of rotatable bonds is 3. The van der Waals surface area contributed by atoms with E-state index >= 15 is 0 Å². The lowest BCUT2D eigenvalue weighted by atomic mass is 10.0. The lowest BCUT2D eigenvalue weighted by molar-refractivity contribution is 0.102. The molecular weight excluding hydrogens is 240 g/mol. The van der Waals surface area contributed by atoms with Crippen molar-refractivity contribution in [3.8, 4) is 0 Å². The number of aromatic nitrogens is 1. The number of hydrogen-bond donors (Lipinski definition) is 2. The topological polar surface area (TPSA) is 62.0 Å². The highest BCUT2D eigenvalue weighted by Crippen LogP contribution is 2.17. The number of nitrogens with one attached hydrogen (secondary N) is 2. The van der Waals surface area contributed by atoms with Gasteiger partial charge in [0.1, 0.15) is 5.69 Å². The van der Waals surface area contributed by atoms with E-state index in [-0.39, 0.29) is 17.0 Å². The fourth-order valence-electron chi connectivity index (χ4n) is 1.73. The van der Waals surface area contributed by atoms with Gasteiger partial charge in [0.05, 0.1) is 0 Å². The van der Waals surface area contributed by atoms with E-state index in [0.29, 0.717) is 11.6 Å². The number of benzene rings is 1.